The molecular weight excluding hydrogens is 480 g/mol. The van der Waals surface area contributed by atoms with Gasteiger partial charge in [0.1, 0.15) is 16.8 Å². The van der Waals surface area contributed by atoms with Gasteiger partial charge >= 0.3 is 6.09 Å². The maximum Gasteiger partial charge on any atom is 0.410 e. The summed E-state index contributed by atoms with van der Waals surface area (Å²) in [6.07, 6.45) is 7.10. The molecule has 8 heteroatoms. The van der Waals surface area contributed by atoms with Crippen molar-refractivity contribution in [1.29, 1.82) is 0 Å². The third-order valence-corrected chi connectivity index (χ3v) is 8.09. The van der Waals surface area contributed by atoms with Gasteiger partial charge in [0, 0.05) is 43.0 Å². The lowest BCUT2D eigenvalue weighted by atomic mass is 9.86. The summed E-state index contributed by atoms with van der Waals surface area (Å²) < 4.78 is 5.77. The van der Waals surface area contributed by atoms with Crippen LogP contribution in [-0.4, -0.2) is 61.2 Å². The van der Waals surface area contributed by atoms with Crippen LogP contribution in [0.15, 0.2) is 30.6 Å². The van der Waals surface area contributed by atoms with E-state index in [1.54, 1.807) is 4.90 Å². The molecule has 38 heavy (non-hydrogen) atoms. The summed E-state index contributed by atoms with van der Waals surface area (Å²) in [5, 5.41) is 11.6. The maximum atomic E-state index is 13.2. The molecule has 0 unspecified atom stereocenters. The first-order valence-corrected chi connectivity index (χ1v) is 13.6. The smallest absolute Gasteiger partial charge is 0.410 e. The van der Waals surface area contributed by atoms with Crippen molar-refractivity contribution in [1.82, 2.24) is 19.8 Å². The number of benzene rings is 1. The fourth-order valence-electron chi connectivity index (χ4n) is 5.92. The van der Waals surface area contributed by atoms with Gasteiger partial charge in [-0.15, -0.1) is 0 Å². The normalized spacial score (nSPS) is 20.5. The van der Waals surface area contributed by atoms with Crippen LogP contribution in [0.1, 0.15) is 74.8 Å². The molecule has 1 aliphatic carbocycles. The summed E-state index contributed by atoms with van der Waals surface area (Å²) in [7, 11) is 0. The average Bonchev–Trinajstić information content (AvgIpc) is 3.27. The maximum absolute atomic E-state index is 13.2. The van der Waals surface area contributed by atoms with Crippen molar-refractivity contribution in [2.24, 2.45) is 0 Å². The minimum atomic E-state index is -1.18. The number of aryl methyl sites for hydroxylation is 1. The Bertz CT molecular complexity index is 1430. The number of aliphatic hydroxyl groups is 1. The third kappa shape index (κ3) is 4.45. The van der Waals surface area contributed by atoms with Crippen LogP contribution in [0.2, 0.25) is 0 Å². The molecule has 6 rings (SSSR count). The van der Waals surface area contributed by atoms with Gasteiger partial charge in [0.15, 0.2) is 0 Å². The van der Waals surface area contributed by atoms with Crippen molar-refractivity contribution in [3.05, 3.63) is 52.8 Å². The first kappa shape index (κ1) is 24.9. The number of likely N-dealkylation sites (tertiary alicyclic amines) is 1. The van der Waals surface area contributed by atoms with E-state index in [-0.39, 0.29) is 18.0 Å². The van der Waals surface area contributed by atoms with Gasteiger partial charge in [0.25, 0.3) is 5.91 Å². The minimum absolute atomic E-state index is 0.0842. The second-order valence-corrected chi connectivity index (χ2v) is 12.1. The minimum Gasteiger partial charge on any atom is -0.444 e. The van der Waals surface area contributed by atoms with Gasteiger partial charge in [-0.25, -0.2) is 9.78 Å². The van der Waals surface area contributed by atoms with Gasteiger partial charge < -0.3 is 24.6 Å². The molecule has 3 aromatic rings. The highest BCUT2D eigenvalue weighted by molar-refractivity contribution is 5.88. The Balaban J connectivity index is 1.43. The fraction of sp³-hybridized carbons (Fsp3) is 0.500. The monoisotopic (exact) mass is 516 g/mol. The Hall–Kier alpha value is -3.39. The van der Waals surface area contributed by atoms with Gasteiger partial charge in [0.05, 0.1) is 6.04 Å². The van der Waals surface area contributed by atoms with Gasteiger partial charge in [-0.05, 0) is 106 Å². The molecule has 1 atom stereocenters. The highest BCUT2D eigenvalue weighted by Crippen LogP contribution is 2.42. The molecule has 2 N–H and O–H groups in total. The summed E-state index contributed by atoms with van der Waals surface area (Å²) in [5.41, 5.74) is 5.65. The van der Waals surface area contributed by atoms with E-state index in [2.05, 4.69) is 35.1 Å². The van der Waals surface area contributed by atoms with Gasteiger partial charge in [-0.2, -0.15) is 0 Å². The molecule has 3 aliphatic rings. The quantitative estimate of drug-likeness (QED) is 0.509. The van der Waals surface area contributed by atoms with Crippen molar-refractivity contribution in [3.8, 4) is 11.1 Å². The predicted octanol–water partition coefficient (Wildman–Crippen LogP) is 5.02. The van der Waals surface area contributed by atoms with Crippen LogP contribution in [0.5, 0.6) is 0 Å². The molecule has 2 aliphatic heterocycles. The number of rotatable bonds is 3. The number of carbonyl (C=O) groups excluding carboxylic acids is 2. The van der Waals surface area contributed by atoms with E-state index in [9.17, 15) is 14.7 Å². The number of pyridine rings is 1. The fourth-order valence-corrected chi connectivity index (χ4v) is 5.92. The number of hydrogen-bond donors (Lipinski definition) is 2. The molecule has 2 amide bonds. The zero-order chi connectivity index (χ0) is 26.8. The Morgan fingerprint density at radius 1 is 1.16 bits per heavy atom. The SMILES string of the molecule is Cc1c[nH]c2ncc(-c3cc4c(c([C@@H]5CCCN5C(=O)OC(C)(C)C)c3)CCN(C(=O)C3(O)CC3)C4)cc12. The number of H-pyrrole nitrogens is 1. The Morgan fingerprint density at radius 3 is 2.68 bits per heavy atom. The van der Waals surface area contributed by atoms with Gasteiger partial charge in [-0.1, -0.05) is 0 Å². The number of ether oxygens (including phenoxy) is 1. The lowest BCUT2D eigenvalue weighted by Gasteiger charge is -2.35. The summed E-state index contributed by atoms with van der Waals surface area (Å²) in [4.78, 5) is 37.7. The summed E-state index contributed by atoms with van der Waals surface area (Å²) in [6.45, 7) is 9.42. The van der Waals surface area contributed by atoms with Crippen LogP contribution in [-0.2, 0) is 22.5 Å². The van der Waals surface area contributed by atoms with E-state index in [4.69, 9.17) is 4.74 Å². The number of hydrogen-bond acceptors (Lipinski definition) is 5. The van der Waals surface area contributed by atoms with Gasteiger partial charge in [-0.3, -0.25) is 4.79 Å². The first-order valence-electron chi connectivity index (χ1n) is 13.6. The van der Waals surface area contributed by atoms with E-state index in [0.717, 1.165) is 51.7 Å². The predicted molar refractivity (Wildman–Crippen MR) is 144 cm³/mol. The molecule has 1 saturated heterocycles. The van der Waals surface area contributed by atoms with Crippen LogP contribution in [0.25, 0.3) is 22.2 Å². The molecule has 2 aromatic heterocycles. The second kappa shape index (κ2) is 8.83. The lowest BCUT2D eigenvalue weighted by molar-refractivity contribution is -0.143. The van der Waals surface area contributed by atoms with Gasteiger partial charge in [0.2, 0.25) is 0 Å². The number of nitrogens with one attached hydrogen (secondary N) is 1. The van der Waals surface area contributed by atoms with E-state index in [1.165, 1.54) is 5.56 Å². The molecule has 4 heterocycles. The summed E-state index contributed by atoms with van der Waals surface area (Å²) in [5.74, 6) is -0.169. The lowest BCUT2D eigenvalue weighted by Crippen LogP contribution is -2.43. The first-order chi connectivity index (χ1) is 18.0. The summed E-state index contributed by atoms with van der Waals surface area (Å²) in [6, 6.07) is 6.44. The number of carbonyl (C=O) groups is 2. The van der Waals surface area contributed by atoms with Crippen molar-refractivity contribution in [2.45, 2.75) is 83.6 Å². The number of nitrogens with zero attached hydrogens (tertiary/aromatic N) is 3. The van der Waals surface area contributed by atoms with Crippen LogP contribution < -0.4 is 0 Å². The zero-order valence-corrected chi connectivity index (χ0v) is 22.6. The third-order valence-electron chi connectivity index (χ3n) is 8.09. The van der Waals surface area contributed by atoms with E-state index >= 15 is 0 Å². The molecule has 0 radical (unpaired) electrons. The standard InChI is InChI=1S/C30H36N4O4/c1-18-15-31-26-23(18)14-20(16-32-26)19-12-21-17-33(27(35)30(37)8-9-30)11-7-22(21)24(13-19)25-6-5-10-34(25)28(36)38-29(2,3)4/h12-16,25,37H,5-11,17H2,1-4H3,(H,31,32)/t25-/m0/s1. The number of fused-ring (bicyclic) bond motifs is 2. The molecular formula is C30H36N4O4. The Morgan fingerprint density at radius 2 is 1.95 bits per heavy atom. The summed E-state index contributed by atoms with van der Waals surface area (Å²) >= 11 is 0. The average molecular weight is 517 g/mol. The Kier molecular flexibility index (Phi) is 5.79. The number of aromatic amines is 1. The zero-order valence-electron chi connectivity index (χ0n) is 22.6. The van der Waals surface area contributed by atoms with E-state index in [1.807, 2.05) is 38.1 Å². The van der Waals surface area contributed by atoms with Crippen molar-refractivity contribution in [3.63, 3.8) is 0 Å². The highest BCUT2D eigenvalue weighted by atomic mass is 16.6. The second-order valence-electron chi connectivity index (χ2n) is 12.1. The van der Waals surface area contributed by atoms with Crippen LogP contribution >= 0.6 is 0 Å². The topological polar surface area (TPSA) is 98.8 Å². The van der Waals surface area contributed by atoms with Crippen LogP contribution in [0.4, 0.5) is 4.79 Å². The number of aromatic nitrogens is 2. The molecule has 1 aromatic carbocycles. The van der Waals surface area contributed by atoms with Crippen molar-refractivity contribution in [2.75, 3.05) is 13.1 Å². The van der Waals surface area contributed by atoms with Crippen molar-refractivity contribution < 1.29 is 19.4 Å². The number of amides is 2. The molecule has 200 valence electrons. The van der Waals surface area contributed by atoms with Crippen LogP contribution in [0, 0.1) is 6.92 Å². The molecule has 2 fully saturated rings. The Labute approximate surface area is 223 Å². The van der Waals surface area contributed by atoms with E-state index in [0.29, 0.717) is 38.9 Å². The van der Waals surface area contributed by atoms with Crippen molar-refractivity contribution >= 4 is 23.0 Å². The molecule has 0 spiro atoms. The van der Waals surface area contributed by atoms with E-state index < -0.39 is 11.2 Å². The van der Waals surface area contributed by atoms with Crippen LogP contribution in [0.3, 0.4) is 0 Å². The molecule has 8 nitrogen and oxygen atoms in total. The largest absolute Gasteiger partial charge is 0.444 e. The molecule has 1 saturated carbocycles. The highest BCUT2D eigenvalue weighted by Gasteiger charge is 2.50. The molecule has 0 bridgehead atoms.